The van der Waals surface area contributed by atoms with Crippen LogP contribution in [0.3, 0.4) is 0 Å². The molecule has 86 valence electrons. The lowest BCUT2D eigenvalue weighted by molar-refractivity contribution is 0.0394. The van der Waals surface area contributed by atoms with Gasteiger partial charge in [-0.15, -0.1) is 0 Å². The molecule has 1 aliphatic rings. The van der Waals surface area contributed by atoms with Gasteiger partial charge in [0.15, 0.2) is 0 Å². The highest BCUT2D eigenvalue weighted by molar-refractivity contribution is 5.94. The molecule has 16 heavy (non-hydrogen) atoms. The van der Waals surface area contributed by atoms with Gasteiger partial charge in [0, 0.05) is 24.5 Å². The van der Waals surface area contributed by atoms with Crippen LogP contribution in [0.15, 0.2) is 24.5 Å². The van der Waals surface area contributed by atoms with Crippen molar-refractivity contribution in [3.05, 3.63) is 30.1 Å². The fourth-order valence-electron chi connectivity index (χ4n) is 2.09. The highest BCUT2D eigenvalue weighted by Gasteiger charge is 2.42. The molecular formula is C12H16N2O2. The Morgan fingerprint density at radius 1 is 1.50 bits per heavy atom. The van der Waals surface area contributed by atoms with Crippen LogP contribution >= 0.6 is 0 Å². The number of rotatable bonds is 1. The Kier molecular flexibility index (Phi) is 2.68. The van der Waals surface area contributed by atoms with Crippen molar-refractivity contribution in [1.29, 1.82) is 0 Å². The van der Waals surface area contributed by atoms with E-state index in [0.29, 0.717) is 18.5 Å². The van der Waals surface area contributed by atoms with Crippen molar-refractivity contribution in [1.82, 2.24) is 9.88 Å². The van der Waals surface area contributed by atoms with E-state index in [1.54, 1.807) is 29.4 Å². The second-order valence-electron chi connectivity index (χ2n) is 4.65. The summed E-state index contributed by atoms with van der Waals surface area (Å²) < 4.78 is 0. The molecule has 2 heterocycles. The first kappa shape index (κ1) is 11.1. The molecule has 1 aromatic heterocycles. The van der Waals surface area contributed by atoms with Gasteiger partial charge >= 0.3 is 0 Å². The molecule has 1 aliphatic heterocycles. The zero-order chi connectivity index (χ0) is 11.8. The molecule has 0 spiro atoms. The Balaban J connectivity index is 2.24. The normalized spacial score (nSPS) is 23.4. The van der Waals surface area contributed by atoms with E-state index in [4.69, 9.17) is 0 Å². The summed E-state index contributed by atoms with van der Waals surface area (Å²) in [5, 5.41) is 9.82. The third kappa shape index (κ3) is 1.69. The summed E-state index contributed by atoms with van der Waals surface area (Å²) in [6.45, 7) is 4.39. The molecule has 0 radical (unpaired) electrons. The lowest BCUT2D eigenvalue weighted by atomic mass is 9.98. The van der Waals surface area contributed by atoms with Crippen molar-refractivity contribution >= 4 is 5.91 Å². The molecule has 4 nitrogen and oxygen atoms in total. The van der Waals surface area contributed by atoms with Crippen molar-refractivity contribution in [3.8, 4) is 0 Å². The average Bonchev–Trinajstić information content (AvgIpc) is 2.54. The van der Waals surface area contributed by atoms with Crippen LogP contribution in [-0.2, 0) is 0 Å². The predicted octanol–water partition coefficient (Wildman–Crippen LogP) is 1.07. The molecule has 1 fully saturated rings. The van der Waals surface area contributed by atoms with Gasteiger partial charge in [0.25, 0.3) is 5.91 Å². The minimum absolute atomic E-state index is 0.0380. The number of nitrogens with zero attached hydrogens (tertiary/aromatic N) is 2. The molecule has 1 amide bonds. The Morgan fingerprint density at radius 3 is 2.62 bits per heavy atom. The first-order valence-electron chi connectivity index (χ1n) is 5.43. The number of amides is 1. The minimum Gasteiger partial charge on any atom is -0.391 e. The maximum atomic E-state index is 12.2. The fraction of sp³-hybridized carbons (Fsp3) is 0.500. The predicted molar refractivity (Wildman–Crippen MR) is 60.0 cm³/mol. The summed E-state index contributed by atoms with van der Waals surface area (Å²) in [6, 6.07) is 3.40. The third-order valence-corrected chi connectivity index (χ3v) is 3.31. The van der Waals surface area contributed by atoms with Gasteiger partial charge in [-0.1, -0.05) is 0 Å². The molecule has 1 saturated heterocycles. The summed E-state index contributed by atoms with van der Waals surface area (Å²) >= 11 is 0. The van der Waals surface area contributed by atoms with Gasteiger partial charge in [-0.3, -0.25) is 9.78 Å². The maximum absolute atomic E-state index is 12.2. The SMILES string of the molecule is CC1(C)C(O)CCN1C(=O)c1ccncc1. The Morgan fingerprint density at radius 2 is 2.12 bits per heavy atom. The number of aliphatic hydroxyl groups excluding tert-OH is 1. The van der Waals surface area contributed by atoms with E-state index >= 15 is 0 Å². The van der Waals surface area contributed by atoms with Gasteiger partial charge in [0.2, 0.25) is 0 Å². The lowest BCUT2D eigenvalue weighted by Gasteiger charge is -2.33. The van der Waals surface area contributed by atoms with E-state index in [1.807, 2.05) is 13.8 Å². The molecule has 1 N–H and O–H groups in total. The third-order valence-electron chi connectivity index (χ3n) is 3.31. The topological polar surface area (TPSA) is 53.4 Å². The quantitative estimate of drug-likeness (QED) is 0.770. The van der Waals surface area contributed by atoms with Crippen LogP contribution in [0, 0.1) is 0 Å². The Hall–Kier alpha value is -1.42. The molecule has 4 heteroatoms. The zero-order valence-corrected chi connectivity index (χ0v) is 9.55. The number of aromatic nitrogens is 1. The first-order chi connectivity index (χ1) is 7.53. The number of pyridine rings is 1. The van der Waals surface area contributed by atoms with Crippen LogP contribution in [0.4, 0.5) is 0 Å². The zero-order valence-electron chi connectivity index (χ0n) is 9.55. The molecule has 1 atom stereocenters. The first-order valence-corrected chi connectivity index (χ1v) is 5.43. The number of hydrogen-bond donors (Lipinski definition) is 1. The highest BCUT2D eigenvalue weighted by atomic mass is 16.3. The molecule has 1 aromatic rings. The van der Waals surface area contributed by atoms with Crippen molar-refractivity contribution in [3.63, 3.8) is 0 Å². The monoisotopic (exact) mass is 220 g/mol. The molecule has 1 unspecified atom stereocenters. The molecule has 0 saturated carbocycles. The van der Waals surface area contributed by atoms with Crippen molar-refractivity contribution in [2.45, 2.75) is 31.9 Å². The van der Waals surface area contributed by atoms with Crippen molar-refractivity contribution in [2.75, 3.05) is 6.54 Å². The largest absolute Gasteiger partial charge is 0.391 e. The average molecular weight is 220 g/mol. The van der Waals surface area contributed by atoms with Gasteiger partial charge in [-0.05, 0) is 32.4 Å². The van der Waals surface area contributed by atoms with Gasteiger partial charge < -0.3 is 10.0 Å². The summed E-state index contributed by atoms with van der Waals surface area (Å²) in [4.78, 5) is 17.8. The number of carbonyl (C=O) groups excluding carboxylic acids is 1. The Labute approximate surface area is 94.9 Å². The second-order valence-corrected chi connectivity index (χ2v) is 4.65. The summed E-state index contributed by atoms with van der Waals surface area (Å²) in [5.74, 6) is -0.0380. The van der Waals surface area contributed by atoms with E-state index in [-0.39, 0.29) is 5.91 Å². The summed E-state index contributed by atoms with van der Waals surface area (Å²) in [7, 11) is 0. The van der Waals surface area contributed by atoms with Crippen molar-refractivity contribution < 1.29 is 9.90 Å². The number of hydrogen-bond acceptors (Lipinski definition) is 3. The van der Waals surface area contributed by atoms with Crippen LogP contribution in [0.2, 0.25) is 0 Å². The lowest BCUT2D eigenvalue weighted by Crippen LogP contribution is -2.48. The van der Waals surface area contributed by atoms with Crippen LogP contribution in [-0.4, -0.2) is 39.1 Å². The Bertz CT molecular complexity index is 389. The van der Waals surface area contributed by atoms with E-state index in [9.17, 15) is 9.90 Å². The van der Waals surface area contributed by atoms with E-state index in [1.165, 1.54) is 0 Å². The minimum atomic E-state index is -0.486. The molecule has 2 rings (SSSR count). The van der Waals surface area contributed by atoms with Crippen LogP contribution in [0.25, 0.3) is 0 Å². The van der Waals surface area contributed by atoms with Gasteiger partial charge in [0.1, 0.15) is 0 Å². The molecule has 0 aliphatic carbocycles. The summed E-state index contributed by atoms with van der Waals surface area (Å²) in [5.41, 5.74) is 0.137. The van der Waals surface area contributed by atoms with Crippen LogP contribution in [0.5, 0.6) is 0 Å². The number of aliphatic hydroxyl groups is 1. The molecular weight excluding hydrogens is 204 g/mol. The van der Waals surface area contributed by atoms with E-state index in [0.717, 1.165) is 0 Å². The van der Waals surface area contributed by atoms with Gasteiger partial charge in [0.05, 0.1) is 11.6 Å². The summed E-state index contributed by atoms with van der Waals surface area (Å²) in [6.07, 6.45) is 3.40. The highest BCUT2D eigenvalue weighted by Crippen LogP contribution is 2.30. The van der Waals surface area contributed by atoms with Crippen LogP contribution in [0.1, 0.15) is 30.6 Å². The van der Waals surface area contributed by atoms with Crippen LogP contribution < -0.4 is 0 Å². The molecule has 0 bridgehead atoms. The smallest absolute Gasteiger partial charge is 0.254 e. The van der Waals surface area contributed by atoms with E-state index in [2.05, 4.69) is 4.98 Å². The number of carbonyl (C=O) groups is 1. The van der Waals surface area contributed by atoms with E-state index < -0.39 is 11.6 Å². The fourth-order valence-corrected chi connectivity index (χ4v) is 2.09. The standard InChI is InChI=1S/C12H16N2O2/c1-12(2)10(15)5-8-14(12)11(16)9-3-6-13-7-4-9/h3-4,6-7,10,15H,5,8H2,1-2H3. The number of likely N-dealkylation sites (tertiary alicyclic amines) is 1. The maximum Gasteiger partial charge on any atom is 0.254 e. The van der Waals surface area contributed by atoms with Gasteiger partial charge in [-0.25, -0.2) is 0 Å². The van der Waals surface area contributed by atoms with Gasteiger partial charge in [-0.2, -0.15) is 0 Å². The van der Waals surface area contributed by atoms with Crippen molar-refractivity contribution in [2.24, 2.45) is 0 Å². The second kappa shape index (κ2) is 3.87. The molecule has 0 aromatic carbocycles.